The zero-order valence-corrected chi connectivity index (χ0v) is 11.0. The maximum absolute atomic E-state index is 11.6. The fourth-order valence-corrected chi connectivity index (χ4v) is 3.18. The van der Waals surface area contributed by atoms with Gasteiger partial charge in [0.2, 0.25) is 0 Å². The summed E-state index contributed by atoms with van der Waals surface area (Å²) in [6, 6.07) is 0. The van der Waals surface area contributed by atoms with E-state index in [2.05, 4.69) is 0 Å². The minimum atomic E-state index is -0.994. The molecule has 1 aromatic heterocycles. The monoisotopic (exact) mass is 283 g/mol. The van der Waals surface area contributed by atoms with Crippen molar-refractivity contribution in [3.05, 3.63) is 22.0 Å². The second kappa shape index (κ2) is 4.16. The molecule has 2 aliphatic rings. The van der Waals surface area contributed by atoms with Crippen molar-refractivity contribution in [3.8, 4) is 0 Å². The van der Waals surface area contributed by atoms with Crippen molar-refractivity contribution >= 4 is 23.6 Å². The molecule has 1 aliphatic carbocycles. The van der Waals surface area contributed by atoms with Crippen molar-refractivity contribution in [1.29, 1.82) is 0 Å². The zero-order valence-electron chi connectivity index (χ0n) is 10.2. The topological polar surface area (TPSA) is 88.6 Å². The molecular formula is C12H14ClN3O3. The van der Waals surface area contributed by atoms with Gasteiger partial charge in [-0.05, 0) is 12.8 Å². The minimum Gasteiger partial charge on any atom is -0.465 e. The van der Waals surface area contributed by atoms with Crippen LogP contribution in [0.2, 0.25) is 5.02 Å². The van der Waals surface area contributed by atoms with E-state index in [4.69, 9.17) is 22.4 Å². The molecule has 1 saturated carbocycles. The van der Waals surface area contributed by atoms with Crippen LogP contribution in [0.5, 0.6) is 0 Å². The maximum atomic E-state index is 11.6. The number of carbonyl (C=O) groups is 2. The van der Waals surface area contributed by atoms with Gasteiger partial charge in [0.15, 0.2) is 0 Å². The van der Waals surface area contributed by atoms with Crippen molar-refractivity contribution < 1.29 is 14.7 Å². The molecule has 7 heteroatoms. The molecule has 1 fully saturated rings. The Bertz CT molecular complexity index is 577. The van der Waals surface area contributed by atoms with Crippen LogP contribution in [0.3, 0.4) is 0 Å². The van der Waals surface area contributed by atoms with Crippen molar-refractivity contribution in [2.45, 2.75) is 31.8 Å². The van der Waals surface area contributed by atoms with Gasteiger partial charge in [-0.2, -0.15) is 0 Å². The lowest BCUT2D eigenvalue weighted by Gasteiger charge is -2.27. The zero-order chi connectivity index (χ0) is 13.7. The van der Waals surface area contributed by atoms with E-state index < -0.39 is 12.0 Å². The summed E-state index contributed by atoms with van der Waals surface area (Å²) in [4.78, 5) is 23.9. The fourth-order valence-electron chi connectivity index (χ4n) is 2.72. The van der Waals surface area contributed by atoms with E-state index in [0.717, 1.165) is 18.5 Å². The molecule has 0 unspecified atom stereocenters. The first kappa shape index (κ1) is 12.3. The Hall–Kier alpha value is -1.69. The third-order valence-corrected chi connectivity index (χ3v) is 4.15. The summed E-state index contributed by atoms with van der Waals surface area (Å²) in [6.45, 7) is 1.10. The van der Waals surface area contributed by atoms with E-state index in [-0.39, 0.29) is 12.1 Å². The molecule has 2 amide bonds. The first-order valence-electron chi connectivity index (χ1n) is 6.19. The predicted molar refractivity (Wildman–Crippen MR) is 68.4 cm³/mol. The molecule has 1 aliphatic heterocycles. The van der Waals surface area contributed by atoms with Crippen LogP contribution in [-0.4, -0.2) is 33.1 Å². The molecule has 0 saturated heterocycles. The molecule has 0 bridgehead atoms. The highest BCUT2D eigenvalue weighted by atomic mass is 35.5. The number of nitrogens with zero attached hydrogens (tertiary/aromatic N) is 2. The largest absolute Gasteiger partial charge is 0.465 e. The number of aromatic nitrogens is 1. The summed E-state index contributed by atoms with van der Waals surface area (Å²) >= 11 is 6.29. The number of halogens is 1. The molecule has 3 rings (SSSR count). The number of amides is 2. The Morgan fingerprint density at radius 2 is 2.00 bits per heavy atom. The summed E-state index contributed by atoms with van der Waals surface area (Å²) in [6.07, 6.45) is 1.13. The lowest BCUT2D eigenvalue weighted by molar-refractivity contribution is 0.0993. The first-order chi connectivity index (χ1) is 9.00. The van der Waals surface area contributed by atoms with E-state index >= 15 is 0 Å². The molecule has 102 valence electrons. The Morgan fingerprint density at radius 1 is 1.32 bits per heavy atom. The molecule has 1 aromatic rings. The number of nitrogens with two attached hydrogens (primary N) is 1. The summed E-state index contributed by atoms with van der Waals surface area (Å²) < 4.78 is 1.99. The van der Waals surface area contributed by atoms with Gasteiger partial charge >= 0.3 is 6.09 Å². The van der Waals surface area contributed by atoms with Gasteiger partial charge in [0.05, 0.1) is 22.8 Å². The van der Waals surface area contributed by atoms with E-state index in [1.807, 2.05) is 4.57 Å². The standard InChI is InChI=1S/C12H14ClN3O3/c13-9-8(11(14)17)7-5-15(12(18)19)3-4-16(7)10(9)6-1-2-6/h6H,1-5H2,(H2,14,17)(H,18,19). The average Bonchev–Trinajstić information content (AvgIpc) is 3.11. The Labute approximate surface area is 114 Å². The van der Waals surface area contributed by atoms with Crippen LogP contribution in [0.15, 0.2) is 0 Å². The van der Waals surface area contributed by atoms with Crippen molar-refractivity contribution in [3.63, 3.8) is 0 Å². The third kappa shape index (κ3) is 1.87. The predicted octanol–water partition coefficient (Wildman–Crippen LogP) is 1.61. The van der Waals surface area contributed by atoms with Crippen molar-refractivity contribution in [1.82, 2.24) is 9.47 Å². The van der Waals surface area contributed by atoms with Crippen molar-refractivity contribution in [2.75, 3.05) is 6.54 Å². The minimum absolute atomic E-state index is 0.167. The van der Waals surface area contributed by atoms with E-state index in [9.17, 15) is 9.59 Å². The average molecular weight is 284 g/mol. The number of carbonyl (C=O) groups excluding carboxylic acids is 1. The SMILES string of the molecule is NC(=O)c1c(Cl)c(C2CC2)n2c1CN(C(=O)O)CC2. The smallest absolute Gasteiger partial charge is 0.407 e. The highest BCUT2D eigenvalue weighted by Gasteiger charge is 2.37. The molecule has 0 spiro atoms. The van der Waals surface area contributed by atoms with Gasteiger partial charge in [0, 0.05) is 24.7 Å². The van der Waals surface area contributed by atoms with Gasteiger partial charge in [0.25, 0.3) is 5.91 Å². The van der Waals surface area contributed by atoms with Gasteiger partial charge in [-0.3, -0.25) is 4.79 Å². The van der Waals surface area contributed by atoms with Crippen LogP contribution in [0, 0.1) is 0 Å². The molecule has 0 radical (unpaired) electrons. The maximum Gasteiger partial charge on any atom is 0.407 e. The molecule has 0 atom stereocenters. The van der Waals surface area contributed by atoms with Crippen molar-refractivity contribution in [2.24, 2.45) is 5.73 Å². The Morgan fingerprint density at radius 3 is 2.53 bits per heavy atom. The van der Waals surface area contributed by atoms with Crippen LogP contribution >= 0.6 is 11.6 Å². The van der Waals surface area contributed by atoms with Gasteiger partial charge in [-0.25, -0.2) is 4.79 Å². The number of hydrogen-bond donors (Lipinski definition) is 2. The van der Waals surface area contributed by atoms with E-state index in [1.54, 1.807) is 0 Å². The molecule has 0 aromatic carbocycles. The van der Waals surface area contributed by atoms with Gasteiger partial charge < -0.3 is 20.3 Å². The number of hydrogen-bond acceptors (Lipinski definition) is 2. The lowest BCUT2D eigenvalue weighted by atomic mass is 10.2. The molecule has 3 N–H and O–H groups in total. The van der Waals surface area contributed by atoms with E-state index in [0.29, 0.717) is 29.7 Å². The second-order valence-corrected chi connectivity index (χ2v) is 5.39. The highest BCUT2D eigenvalue weighted by molar-refractivity contribution is 6.35. The Balaban J connectivity index is 2.11. The molecule has 19 heavy (non-hydrogen) atoms. The number of rotatable bonds is 2. The van der Waals surface area contributed by atoms with Crippen LogP contribution in [0.4, 0.5) is 4.79 Å². The summed E-state index contributed by atoms with van der Waals surface area (Å²) in [7, 11) is 0. The number of carboxylic acid groups (broad SMARTS) is 1. The summed E-state index contributed by atoms with van der Waals surface area (Å²) in [5.41, 5.74) is 7.26. The van der Waals surface area contributed by atoms with Crippen LogP contribution in [0.25, 0.3) is 0 Å². The Kier molecular flexibility index (Phi) is 2.70. The quantitative estimate of drug-likeness (QED) is 0.864. The summed E-state index contributed by atoms with van der Waals surface area (Å²) in [5.74, 6) is -0.205. The number of fused-ring (bicyclic) bond motifs is 1. The highest BCUT2D eigenvalue weighted by Crippen LogP contribution is 2.46. The van der Waals surface area contributed by atoms with E-state index in [1.165, 1.54) is 4.90 Å². The molecule has 6 nitrogen and oxygen atoms in total. The van der Waals surface area contributed by atoms with Gasteiger partial charge in [-0.1, -0.05) is 11.6 Å². The molecule has 2 heterocycles. The normalized spacial score (nSPS) is 18.3. The second-order valence-electron chi connectivity index (χ2n) is 5.02. The lowest BCUT2D eigenvalue weighted by Crippen LogP contribution is -2.38. The number of primary amides is 1. The van der Waals surface area contributed by atoms with Gasteiger partial charge in [-0.15, -0.1) is 0 Å². The van der Waals surface area contributed by atoms with Crippen LogP contribution in [-0.2, 0) is 13.1 Å². The fraction of sp³-hybridized carbons (Fsp3) is 0.500. The van der Waals surface area contributed by atoms with Crippen LogP contribution in [0.1, 0.15) is 40.5 Å². The van der Waals surface area contributed by atoms with Gasteiger partial charge in [0.1, 0.15) is 0 Å². The summed E-state index contributed by atoms with van der Waals surface area (Å²) in [5, 5.41) is 9.47. The molecular weight excluding hydrogens is 270 g/mol. The van der Waals surface area contributed by atoms with Crippen LogP contribution < -0.4 is 5.73 Å². The third-order valence-electron chi connectivity index (χ3n) is 3.76. The first-order valence-corrected chi connectivity index (χ1v) is 6.57.